The van der Waals surface area contributed by atoms with Gasteiger partial charge in [-0.2, -0.15) is 0 Å². The highest BCUT2D eigenvalue weighted by Crippen LogP contribution is 2.34. The summed E-state index contributed by atoms with van der Waals surface area (Å²) in [5.74, 6) is -5.23. The number of carbonyl (C=O) groups excluding carboxylic acids is 3. The molecular weight excluding hydrogens is 854 g/mol. The van der Waals surface area contributed by atoms with E-state index in [1.54, 1.807) is 24.3 Å². The summed E-state index contributed by atoms with van der Waals surface area (Å²) in [6.45, 7) is 6.07. The van der Waals surface area contributed by atoms with Gasteiger partial charge in [-0.25, -0.2) is 4.79 Å². The third-order valence-electron chi connectivity index (χ3n) is 9.69. The number of hydrogen-bond donors (Lipinski definition) is 9. The van der Waals surface area contributed by atoms with Crippen LogP contribution in [0, 0.1) is 0 Å². The Morgan fingerprint density at radius 2 is 1.32 bits per heavy atom. The second-order valence-corrected chi connectivity index (χ2v) is 15.2. The van der Waals surface area contributed by atoms with Crippen molar-refractivity contribution in [1.82, 2.24) is 16.0 Å². The largest absolute Gasteiger partial charge is 0.477 e. The fraction of sp³-hybridized carbons (Fsp3) is 0.659. The zero-order chi connectivity index (χ0) is 46.2. The van der Waals surface area contributed by atoms with Gasteiger partial charge in [0.1, 0.15) is 23.6 Å². The predicted octanol–water partition coefficient (Wildman–Crippen LogP) is -0.945. The normalized spacial score (nSPS) is 19.6. The van der Waals surface area contributed by atoms with Crippen molar-refractivity contribution >= 4 is 46.7 Å². The van der Waals surface area contributed by atoms with E-state index in [-0.39, 0.29) is 36.9 Å². The Bertz CT molecular complexity index is 1780. The zero-order valence-electron chi connectivity index (χ0n) is 35.7. The Balaban J connectivity index is 1.33. The SMILES string of the molecule is CC(=O)NCCOCCOCCOCCOCCNc1c(NCCCCCCO[C@]2(C(=O)O)C[C@H](O)[C@@H](NC(C)=O)[C@H]([C@H](O)[C@H](O)CNC(=O)Cc3ccc(Cl)cc3)O2)c(=O)c1=O. The van der Waals surface area contributed by atoms with Crippen LogP contribution in [0.1, 0.15) is 51.5 Å². The molecule has 6 atom stereocenters. The molecule has 1 fully saturated rings. The van der Waals surface area contributed by atoms with E-state index in [1.807, 2.05) is 0 Å². The summed E-state index contributed by atoms with van der Waals surface area (Å²) in [4.78, 5) is 72.1. The minimum absolute atomic E-state index is 0.0474. The van der Waals surface area contributed by atoms with E-state index in [0.29, 0.717) is 102 Å². The number of unbranched alkanes of at least 4 members (excludes halogenated alkanes) is 3. The molecule has 22 heteroatoms. The van der Waals surface area contributed by atoms with Gasteiger partial charge >= 0.3 is 5.97 Å². The quantitative estimate of drug-likeness (QED) is 0.0308. The number of nitrogens with one attached hydrogen (secondary N) is 5. The summed E-state index contributed by atoms with van der Waals surface area (Å²) >= 11 is 5.88. The lowest BCUT2D eigenvalue weighted by molar-refractivity contribution is -0.310. The molecular formula is C41H62ClN5O16. The lowest BCUT2D eigenvalue weighted by Crippen LogP contribution is -2.68. The number of rotatable bonds is 33. The first-order valence-corrected chi connectivity index (χ1v) is 21.3. The maximum absolute atomic E-state index is 12.5. The molecule has 63 heavy (non-hydrogen) atoms. The molecule has 0 aliphatic carbocycles. The average molecular weight is 916 g/mol. The zero-order valence-corrected chi connectivity index (χ0v) is 36.5. The van der Waals surface area contributed by atoms with Crippen molar-refractivity contribution in [2.45, 2.75) is 88.6 Å². The van der Waals surface area contributed by atoms with Crippen LogP contribution in [0.25, 0.3) is 0 Å². The number of carboxylic acids is 1. The highest BCUT2D eigenvalue weighted by Gasteiger charge is 2.55. The first-order valence-electron chi connectivity index (χ1n) is 20.9. The van der Waals surface area contributed by atoms with Gasteiger partial charge in [0.25, 0.3) is 16.6 Å². The van der Waals surface area contributed by atoms with Crippen LogP contribution in [-0.4, -0.2) is 166 Å². The molecule has 0 radical (unpaired) electrons. The summed E-state index contributed by atoms with van der Waals surface area (Å²) in [6, 6.07) is 5.21. The molecule has 0 spiro atoms. The molecule has 2 aromatic rings. The highest BCUT2D eigenvalue weighted by atomic mass is 35.5. The second-order valence-electron chi connectivity index (χ2n) is 14.8. The Hall–Kier alpha value is -4.29. The fourth-order valence-corrected chi connectivity index (χ4v) is 6.55. The molecule has 1 aliphatic rings. The van der Waals surface area contributed by atoms with Crippen molar-refractivity contribution in [1.29, 1.82) is 0 Å². The molecule has 3 amide bonds. The van der Waals surface area contributed by atoms with Gasteiger partial charge in [-0.05, 0) is 30.5 Å². The van der Waals surface area contributed by atoms with Crippen LogP contribution in [-0.2, 0) is 54.0 Å². The van der Waals surface area contributed by atoms with Gasteiger partial charge in [-0.15, -0.1) is 0 Å². The van der Waals surface area contributed by atoms with Gasteiger partial charge in [0.15, 0.2) is 0 Å². The molecule has 1 saturated heterocycles. The number of anilines is 2. The highest BCUT2D eigenvalue weighted by molar-refractivity contribution is 6.30. The molecule has 0 saturated carbocycles. The maximum atomic E-state index is 12.5. The van der Waals surface area contributed by atoms with Crippen molar-refractivity contribution < 1.29 is 68.0 Å². The van der Waals surface area contributed by atoms with E-state index in [1.165, 1.54) is 6.92 Å². The summed E-state index contributed by atoms with van der Waals surface area (Å²) in [6.07, 6.45) is -5.29. The Labute approximate surface area is 370 Å². The van der Waals surface area contributed by atoms with Crippen LogP contribution >= 0.6 is 11.6 Å². The van der Waals surface area contributed by atoms with E-state index >= 15 is 0 Å². The molecule has 9 N–H and O–H groups in total. The van der Waals surface area contributed by atoms with Crippen molar-refractivity contribution in [3.63, 3.8) is 0 Å². The van der Waals surface area contributed by atoms with Crippen LogP contribution in [0.4, 0.5) is 11.4 Å². The first-order chi connectivity index (χ1) is 30.1. The number of amides is 3. The molecule has 1 heterocycles. The van der Waals surface area contributed by atoms with Gasteiger partial charge < -0.3 is 75.4 Å². The third-order valence-corrected chi connectivity index (χ3v) is 9.94. The number of aliphatic carboxylic acids is 1. The number of halogens is 1. The molecule has 354 valence electrons. The van der Waals surface area contributed by atoms with Crippen molar-refractivity contribution in [2.24, 2.45) is 0 Å². The van der Waals surface area contributed by atoms with Gasteiger partial charge in [-0.1, -0.05) is 36.6 Å². The van der Waals surface area contributed by atoms with Crippen LogP contribution in [0.5, 0.6) is 0 Å². The van der Waals surface area contributed by atoms with E-state index in [2.05, 4.69) is 26.6 Å². The molecule has 3 rings (SSSR count). The van der Waals surface area contributed by atoms with Crippen LogP contribution in [0.3, 0.4) is 0 Å². The third kappa shape index (κ3) is 18.8. The minimum atomic E-state index is -2.44. The van der Waals surface area contributed by atoms with E-state index in [0.717, 1.165) is 6.92 Å². The van der Waals surface area contributed by atoms with Crippen LogP contribution in [0.2, 0.25) is 5.02 Å². The lowest BCUT2D eigenvalue weighted by atomic mass is 9.88. The molecule has 0 bridgehead atoms. The maximum Gasteiger partial charge on any atom is 0.364 e. The van der Waals surface area contributed by atoms with Crippen molar-refractivity contribution in [2.75, 3.05) is 96.3 Å². The van der Waals surface area contributed by atoms with E-state index in [9.17, 15) is 49.2 Å². The molecule has 2 aromatic carbocycles. The van der Waals surface area contributed by atoms with Crippen molar-refractivity contribution in [3.05, 3.63) is 55.3 Å². The van der Waals surface area contributed by atoms with E-state index in [4.69, 9.17) is 40.0 Å². The van der Waals surface area contributed by atoms with Crippen molar-refractivity contribution in [3.8, 4) is 0 Å². The molecule has 0 aromatic heterocycles. The van der Waals surface area contributed by atoms with E-state index < -0.39 is 77.9 Å². The standard InChI is InChI=1S/C41H62ClN5O16/c1-26(48)43-12-15-58-17-19-60-21-22-61-20-18-59-16-13-45-35-34(37(54)38(35)55)44-11-5-3-4-6-14-62-41(40(56)57)24-30(50)33(47-27(2)49)39(63-41)36(53)31(51)25-46-32(52)23-28-7-9-29(42)10-8-28/h7-10,30-31,33,36,39,44-45,50-51,53H,3-6,11-25H2,1-2H3,(H,43,48)(H,46,52)(H,47,49)(H,56,57)/t30-,31+,33+,36+,39+,41+/m0/s1. The predicted molar refractivity (Wildman–Crippen MR) is 228 cm³/mol. The van der Waals surface area contributed by atoms with Gasteiger partial charge in [0.2, 0.25) is 17.7 Å². The average Bonchev–Trinajstić information content (AvgIpc) is 3.24. The molecule has 21 nitrogen and oxygen atoms in total. The molecule has 0 unspecified atom stereocenters. The summed E-state index contributed by atoms with van der Waals surface area (Å²) in [7, 11) is 0. The van der Waals surface area contributed by atoms with Crippen LogP contribution in [0.15, 0.2) is 33.9 Å². The minimum Gasteiger partial charge on any atom is -0.477 e. The van der Waals surface area contributed by atoms with Gasteiger partial charge in [0.05, 0.1) is 84.1 Å². The number of carboxylic acid groups (broad SMARTS) is 1. The number of aliphatic hydroxyl groups excluding tert-OH is 3. The Kier molecular flexibility index (Phi) is 24.0. The number of carbonyl (C=O) groups is 4. The van der Waals surface area contributed by atoms with Gasteiger partial charge in [-0.3, -0.25) is 24.0 Å². The van der Waals surface area contributed by atoms with Crippen LogP contribution < -0.4 is 37.4 Å². The first kappa shape index (κ1) is 53.1. The summed E-state index contributed by atoms with van der Waals surface area (Å²) in [5, 5.41) is 57.1. The summed E-state index contributed by atoms with van der Waals surface area (Å²) in [5.41, 5.74) is -0.214. The number of hydrogen-bond acceptors (Lipinski definition) is 17. The smallest absolute Gasteiger partial charge is 0.364 e. The second kappa shape index (κ2) is 28.5. The number of aliphatic hydroxyl groups is 3. The van der Waals surface area contributed by atoms with Gasteiger partial charge in [0, 0.05) is 51.5 Å². The fourth-order valence-electron chi connectivity index (χ4n) is 6.43. The summed E-state index contributed by atoms with van der Waals surface area (Å²) < 4.78 is 33.1. The lowest BCUT2D eigenvalue weighted by Gasteiger charge is -2.46. The monoisotopic (exact) mass is 915 g/mol. The topological polar surface area (TPSA) is 299 Å². The Morgan fingerprint density at radius 1 is 0.762 bits per heavy atom. The number of ether oxygens (including phenoxy) is 6. The Morgan fingerprint density at radius 3 is 1.89 bits per heavy atom. The molecule has 1 aliphatic heterocycles. The number of benzene rings is 1.